The Balaban J connectivity index is 1.66. The smallest absolute Gasteiger partial charge is 0.315 e. The second-order valence-corrected chi connectivity index (χ2v) is 4.78. The first-order chi connectivity index (χ1) is 9.78. The van der Waals surface area contributed by atoms with Crippen molar-refractivity contribution in [3.05, 3.63) is 29.8 Å². The quantitative estimate of drug-likeness (QED) is 0.837. The molecule has 1 heterocycles. The lowest BCUT2D eigenvalue weighted by Crippen LogP contribution is -2.39. The van der Waals surface area contributed by atoms with Gasteiger partial charge in [-0.1, -0.05) is 12.1 Å². The molecule has 0 spiro atoms. The highest BCUT2D eigenvalue weighted by Crippen LogP contribution is 2.12. The van der Waals surface area contributed by atoms with Gasteiger partial charge in [0.15, 0.2) is 0 Å². The number of ether oxygens (including phenoxy) is 2. The van der Waals surface area contributed by atoms with Gasteiger partial charge in [0.1, 0.15) is 5.75 Å². The molecule has 2 amide bonds. The van der Waals surface area contributed by atoms with E-state index in [4.69, 9.17) is 9.47 Å². The zero-order valence-electron chi connectivity index (χ0n) is 11.9. The second kappa shape index (κ2) is 7.75. The Morgan fingerprint density at radius 2 is 2.15 bits per heavy atom. The minimum absolute atomic E-state index is 0.158. The Bertz CT molecular complexity index is 414. The second-order valence-electron chi connectivity index (χ2n) is 4.78. The largest absolute Gasteiger partial charge is 0.494 e. The third kappa shape index (κ3) is 4.74. The average molecular weight is 278 g/mol. The number of hydrogen-bond donors (Lipinski definition) is 2. The van der Waals surface area contributed by atoms with Crippen LogP contribution in [0.4, 0.5) is 4.79 Å². The fraction of sp³-hybridized carbons (Fsp3) is 0.533. The van der Waals surface area contributed by atoms with Gasteiger partial charge in [-0.3, -0.25) is 0 Å². The highest BCUT2D eigenvalue weighted by molar-refractivity contribution is 5.73. The van der Waals surface area contributed by atoms with Crippen molar-refractivity contribution >= 4 is 6.03 Å². The number of carbonyl (C=O) groups is 1. The van der Waals surface area contributed by atoms with Gasteiger partial charge in [0.25, 0.3) is 0 Å². The molecule has 0 bridgehead atoms. The van der Waals surface area contributed by atoms with Crippen LogP contribution < -0.4 is 15.4 Å². The zero-order valence-corrected chi connectivity index (χ0v) is 11.9. The molecule has 2 N–H and O–H groups in total. The summed E-state index contributed by atoms with van der Waals surface area (Å²) in [5.74, 6) is 0.846. The van der Waals surface area contributed by atoms with Gasteiger partial charge in [-0.05, 0) is 37.5 Å². The minimum atomic E-state index is -0.158. The molecule has 1 saturated heterocycles. The van der Waals surface area contributed by atoms with Crippen LogP contribution in [0.15, 0.2) is 24.3 Å². The molecule has 110 valence electrons. The van der Waals surface area contributed by atoms with E-state index in [0.717, 1.165) is 30.8 Å². The van der Waals surface area contributed by atoms with Crippen LogP contribution in [-0.4, -0.2) is 31.9 Å². The first kappa shape index (κ1) is 14.7. The molecule has 1 fully saturated rings. The normalized spacial score (nSPS) is 17.8. The van der Waals surface area contributed by atoms with E-state index in [1.165, 1.54) is 0 Å². The molecular weight excluding hydrogens is 256 g/mol. The number of hydrogen-bond acceptors (Lipinski definition) is 3. The molecule has 1 aliphatic rings. The van der Waals surface area contributed by atoms with E-state index < -0.39 is 0 Å². The fourth-order valence-corrected chi connectivity index (χ4v) is 2.13. The summed E-state index contributed by atoms with van der Waals surface area (Å²) in [7, 11) is 0. The molecule has 5 heteroatoms. The number of nitrogens with one attached hydrogen (secondary N) is 2. The molecule has 0 aromatic heterocycles. The van der Waals surface area contributed by atoms with Gasteiger partial charge in [0.2, 0.25) is 0 Å². The van der Waals surface area contributed by atoms with Crippen LogP contribution >= 0.6 is 0 Å². The molecule has 1 aliphatic heterocycles. The van der Waals surface area contributed by atoms with Crippen LogP contribution in [0.3, 0.4) is 0 Å². The molecule has 0 saturated carbocycles. The monoisotopic (exact) mass is 278 g/mol. The zero-order chi connectivity index (χ0) is 14.2. The maximum atomic E-state index is 11.6. The Morgan fingerprint density at radius 3 is 2.80 bits per heavy atom. The van der Waals surface area contributed by atoms with E-state index in [1.54, 1.807) is 0 Å². The van der Waals surface area contributed by atoms with Crippen molar-refractivity contribution < 1.29 is 14.3 Å². The lowest BCUT2D eigenvalue weighted by atomic mass is 10.2. The number of rotatable bonds is 6. The predicted octanol–water partition coefficient (Wildman–Crippen LogP) is 2.06. The van der Waals surface area contributed by atoms with E-state index in [2.05, 4.69) is 10.6 Å². The number of urea groups is 1. The summed E-state index contributed by atoms with van der Waals surface area (Å²) < 4.78 is 10.8. The maximum Gasteiger partial charge on any atom is 0.315 e. The summed E-state index contributed by atoms with van der Waals surface area (Å²) in [6.45, 7) is 4.50. The van der Waals surface area contributed by atoms with E-state index in [1.807, 2.05) is 31.2 Å². The molecular formula is C15H22N2O3. The standard InChI is InChI=1S/C15H22N2O3/c1-2-19-13-7-5-12(6-8-13)10-16-15(18)17-11-14-4-3-9-20-14/h5-8,14H,2-4,9-11H2,1H3,(H2,16,17,18). The van der Waals surface area contributed by atoms with Crippen molar-refractivity contribution in [1.29, 1.82) is 0 Å². The fourth-order valence-electron chi connectivity index (χ4n) is 2.13. The summed E-state index contributed by atoms with van der Waals surface area (Å²) >= 11 is 0. The average Bonchev–Trinajstić information content (AvgIpc) is 2.98. The molecule has 0 radical (unpaired) electrons. The van der Waals surface area contributed by atoms with Crippen molar-refractivity contribution in [1.82, 2.24) is 10.6 Å². The lowest BCUT2D eigenvalue weighted by molar-refractivity contribution is 0.111. The Morgan fingerprint density at radius 1 is 1.35 bits per heavy atom. The topological polar surface area (TPSA) is 59.6 Å². The molecule has 1 unspecified atom stereocenters. The van der Waals surface area contributed by atoms with Crippen molar-refractivity contribution in [3.8, 4) is 5.75 Å². The molecule has 1 aromatic rings. The molecule has 1 atom stereocenters. The molecule has 2 rings (SSSR count). The SMILES string of the molecule is CCOc1ccc(CNC(=O)NCC2CCCO2)cc1. The van der Waals surface area contributed by atoms with Gasteiger partial charge >= 0.3 is 6.03 Å². The van der Waals surface area contributed by atoms with Gasteiger partial charge in [0.05, 0.1) is 12.7 Å². The Labute approximate surface area is 119 Å². The van der Waals surface area contributed by atoms with E-state index in [-0.39, 0.29) is 12.1 Å². The third-order valence-electron chi connectivity index (χ3n) is 3.20. The van der Waals surface area contributed by atoms with Crippen LogP contribution in [0.1, 0.15) is 25.3 Å². The molecule has 5 nitrogen and oxygen atoms in total. The van der Waals surface area contributed by atoms with Crippen LogP contribution in [0, 0.1) is 0 Å². The van der Waals surface area contributed by atoms with Crippen molar-refractivity contribution in [2.45, 2.75) is 32.4 Å². The highest BCUT2D eigenvalue weighted by atomic mass is 16.5. The van der Waals surface area contributed by atoms with Crippen LogP contribution in [-0.2, 0) is 11.3 Å². The number of amides is 2. The minimum Gasteiger partial charge on any atom is -0.494 e. The maximum absolute atomic E-state index is 11.6. The van der Waals surface area contributed by atoms with E-state index in [9.17, 15) is 4.79 Å². The van der Waals surface area contributed by atoms with Crippen molar-refractivity contribution in [2.75, 3.05) is 19.8 Å². The highest BCUT2D eigenvalue weighted by Gasteiger charge is 2.15. The summed E-state index contributed by atoms with van der Waals surface area (Å²) in [5, 5.41) is 5.65. The van der Waals surface area contributed by atoms with Gasteiger partial charge in [-0.2, -0.15) is 0 Å². The lowest BCUT2D eigenvalue weighted by Gasteiger charge is -2.12. The Kier molecular flexibility index (Phi) is 5.68. The first-order valence-electron chi connectivity index (χ1n) is 7.13. The Hall–Kier alpha value is -1.75. The predicted molar refractivity (Wildman–Crippen MR) is 76.8 cm³/mol. The van der Waals surface area contributed by atoms with Crippen LogP contribution in [0.25, 0.3) is 0 Å². The summed E-state index contributed by atoms with van der Waals surface area (Å²) in [5.41, 5.74) is 1.04. The molecule has 20 heavy (non-hydrogen) atoms. The van der Waals surface area contributed by atoms with Gasteiger partial charge in [0, 0.05) is 19.7 Å². The van der Waals surface area contributed by atoms with Crippen molar-refractivity contribution in [3.63, 3.8) is 0 Å². The van der Waals surface area contributed by atoms with Gasteiger partial charge in [-0.25, -0.2) is 4.79 Å². The van der Waals surface area contributed by atoms with Crippen molar-refractivity contribution in [2.24, 2.45) is 0 Å². The first-order valence-corrected chi connectivity index (χ1v) is 7.13. The van der Waals surface area contributed by atoms with Gasteiger partial charge in [-0.15, -0.1) is 0 Å². The molecule has 0 aliphatic carbocycles. The third-order valence-corrected chi connectivity index (χ3v) is 3.20. The van der Waals surface area contributed by atoms with Crippen LogP contribution in [0.5, 0.6) is 5.75 Å². The number of carbonyl (C=O) groups excluding carboxylic acids is 1. The van der Waals surface area contributed by atoms with Gasteiger partial charge < -0.3 is 20.1 Å². The summed E-state index contributed by atoms with van der Waals surface area (Å²) in [6.07, 6.45) is 2.28. The van der Waals surface area contributed by atoms with E-state index in [0.29, 0.717) is 19.7 Å². The molecule has 1 aromatic carbocycles. The van der Waals surface area contributed by atoms with Crippen LogP contribution in [0.2, 0.25) is 0 Å². The number of benzene rings is 1. The summed E-state index contributed by atoms with van der Waals surface area (Å²) in [4.78, 5) is 11.6. The van der Waals surface area contributed by atoms with E-state index >= 15 is 0 Å². The summed E-state index contributed by atoms with van der Waals surface area (Å²) in [6, 6.07) is 7.56.